The number of ether oxygens (including phenoxy) is 2. The summed E-state index contributed by atoms with van der Waals surface area (Å²) in [6, 6.07) is 10.2. The summed E-state index contributed by atoms with van der Waals surface area (Å²) in [5.41, 5.74) is 1.18. The SMILES string of the molecule is CCCCC=CC=CCCCCOCOCc1ccccc1. The number of hydrogen-bond donors (Lipinski definition) is 0. The van der Waals surface area contributed by atoms with Crippen molar-refractivity contribution in [2.75, 3.05) is 13.4 Å². The predicted molar refractivity (Wildman–Crippen MR) is 93.7 cm³/mol. The molecule has 0 bridgehead atoms. The van der Waals surface area contributed by atoms with Crippen molar-refractivity contribution in [2.45, 2.75) is 52.1 Å². The van der Waals surface area contributed by atoms with Crippen molar-refractivity contribution >= 4 is 0 Å². The Balaban J connectivity index is 1.83. The highest BCUT2D eigenvalue weighted by Gasteiger charge is 1.92. The highest BCUT2D eigenvalue weighted by Crippen LogP contribution is 2.02. The molecule has 0 amide bonds. The summed E-state index contributed by atoms with van der Waals surface area (Å²) in [6.45, 7) is 3.99. The summed E-state index contributed by atoms with van der Waals surface area (Å²) < 4.78 is 10.9. The van der Waals surface area contributed by atoms with Gasteiger partial charge in [-0.3, -0.25) is 0 Å². The van der Waals surface area contributed by atoms with Gasteiger partial charge in [0.2, 0.25) is 0 Å². The lowest BCUT2D eigenvalue weighted by Gasteiger charge is -2.05. The minimum atomic E-state index is 0.380. The van der Waals surface area contributed by atoms with E-state index in [1.54, 1.807) is 0 Å². The molecule has 0 saturated carbocycles. The van der Waals surface area contributed by atoms with Crippen LogP contribution in [0.2, 0.25) is 0 Å². The second-order valence-electron chi connectivity index (χ2n) is 5.35. The van der Waals surface area contributed by atoms with E-state index in [4.69, 9.17) is 9.47 Å². The Morgan fingerprint density at radius 1 is 0.864 bits per heavy atom. The molecule has 0 aliphatic heterocycles. The molecule has 0 aliphatic rings. The van der Waals surface area contributed by atoms with Crippen molar-refractivity contribution in [1.29, 1.82) is 0 Å². The monoisotopic (exact) mass is 302 g/mol. The fourth-order valence-corrected chi connectivity index (χ4v) is 1.99. The maximum absolute atomic E-state index is 5.47. The number of hydrogen-bond acceptors (Lipinski definition) is 2. The van der Waals surface area contributed by atoms with Gasteiger partial charge >= 0.3 is 0 Å². The van der Waals surface area contributed by atoms with Gasteiger partial charge in [-0.05, 0) is 31.2 Å². The quantitative estimate of drug-likeness (QED) is 0.266. The van der Waals surface area contributed by atoms with Crippen LogP contribution in [-0.2, 0) is 16.1 Å². The molecule has 0 radical (unpaired) electrons. The average molecular weight is 302 g/mol. The molecule has 0 heterocycles. The first-order valence-electron chi connectivity index (χ1n) is 8.44. The van der Waals surface area contributed by atoms with Gasteiger partial charge in [-0.15, -0.1) is 0 Å². The Bertz CT molecular complexity index is 395. The molecule has 2 nitrogen and oxygen atoms in total. The summed E-state index contributed by atoms with van der Waals surface area (Å²) in [7, 11) is 0. The second kappa shape index (κ2) is 14.6. The summed E-state index contributed by atoms with van der Waals surface area (Å²) in [5, 5.41) is 0. The third-order valence-electron chi connectivity index (χ3n) is 3.30. The van der Waals surface area contributed by atoms with Crippen LogP contribution in [0.4, 0.5) is 0 Å². The van der Waals surface area contributed by atoms with Crippen LogP contribution in [0.15, 0.2) is 54.6 Å². The molecule has 0 fully saturated rings. The summed E-state index contributed by atoms with van der Waals surface area (Å²) in [4.78, 5) is 0. The molecule has 1 aromatic carbocycles. The van der Waals surface area contributed by atoms with E-state index in [1.807, 2.05) is 18.2 Å². The van der Waals surface area contributed by atoms with Crippen LogP contribution in [0, 0.1) is 0 Å². The zero-order chi connectivity index (χ0) is 15.7. The van der Waals surface area contributed by atoms with Gasteiger partial charge in [0.15, 0.2) is 0 Å². The van der Waals surface area contributed by atoms with Crippen LogP contribution in [-0.4, -0.2) is 13.4 Å². The first-order chi connectivity index (χ1) is 10.9. The fourth-order valence-electron chi connectivity index (χ4n) is 1.99. The van der Waals surface area contributed by atoms with Crippen LogP contribution in [0.25, 0.3) is 0 Å². The van der Waals surface area contributed by atoms with Crippen molar-refractivity contribution in [3.8, 4) is 0 Å². The molecule has 2 heteroatoms. The molecule has 1 aromatic rings. The largest absolute Gasteiger partial charge is 0.355 e. The molecule has 0 N–H and O–H groups in total. The topological polar surface area (TPSA) is 18.5 Å². The van der Waals surface area contributed by atoms with Crippen molar-refractivity contribution in [3.05, 3.63) is 60.2 Å². The molecule has 22 heavy (non-hydrogen) atoms. The highest BCUT2D eigenvalue weighted by molar-refractivity contribution is 5.13. The first kappa shape index (κ1) is 18.7. The minimum Gasteiger partial charge on any atom is -0.355 e. The molecule has 0 aliphatic carbocycles. The van der Waals surface area contributed by atoms with E-state index in [1.165, 1.54) is 24.8 Å². The normalized spacial score (nSPS) is 11.7. The lowest BCUT2D eigenvalue weighted by Crippen LogP contribution is -2.01. The molecular formula is C20H30O2. The van der Waals surface area contributed by atoms with Crippen LogP contribution < -0.4 is 0 Å². The van der Waals surface area contributed by atoms with Crippen LogP contribution in [0.1, 0.15) is 51.0 Å². The lowest BCUT2D eigenvalue weighted by molar-refractivity contribution is -0.0622. The van der Waals surface area contributed by atoms with E-state index < -0.39 is 0 Å². The Labute approximate surface area is 135 Å². The van der Waals surface area contributed by atoms with Gasteiger partial charge in [-0.25, -0.2) is 0 Å². The van der Waals surface area contributed by atoms with E-state index in [0.29, 0.717) is 13.4 Å². The van der Waals surface area contributed by atoms with Gasteiger partial charge in [-0.1, -0.05) is 74.4 Å². The van der Waals surface area contributed by atoms with Crippen molar-refractivity contribution in [1.82, 2.24) is 0 Å². The smallest absolute Gasteiger partial charge is 0.147 e. The summed E-state index contributed by atoms with van der Waals surface area (Å²) in [5.74, 6) is 0. The third-order valence-corrected chi connectivity index (χ3v) is 3.30. The van der Waals surface area contributed by atoms with Crippen molar-refractivity contribution in [3.63, 3.8) is 0 Å². The van der Waals surface area contributed by atoms with Gasteiger partial charge < -0.3 is 9.47 Å². The standard InChI is InChI=1S/C20H30O2/c1-2-3-4-5-6-7-8-9-10-14-17-21-19-22-18-20-15-12-11-13-16-20/h5-8,11-13,15-16H,2-4,9-10,14,17-19H2,1H3. The van der Waals surface area contributed by atoms with Crippen molar-refractivity contribution < 1.29 is 9.47 Å². The van der Waals surface area contributed by atoms with Gasteiger partial charge in [-0.2, -0.15) is 0 Å². The van der Waals surface area contributed by atoms with Crippen LogP contribution in [0.5, 0.6) is 0 Å². The molecule has 0 unspecified atom stereocenters. The summed E-state index contributed by atoms with van der Waals surface area (Å²) >= 11 is 0. The van der Waals surface area contributed by atoms with Gasteiger partial charge in [0, 0.05) is 6.61 Å². The Morgan fingerprint density at radius 2 is 1.59 bits per heavy atom. The predicted octanol–water partition coefficient (Wildman–Crippen LogP) is 5.65. The number of benzene rings is 1. The molecule has 0 spiro atoms. The Hall–Kier alpha value is -1.38. The lowest BCUT2D eigenvalue weighted by atomic mass is 10.2. The van der Waals surface area contributed by atoms with Crippen molar-refractivity contribution in [2.24, 2.45) is 0 Å². The number of unbranched alkanes of at least 4 members (excludes halogenated alkanes) is 4. The van der Waals surface area contributed by atoms with Gasteiger partial charge in [0.1, 0.15) is 6.79 Å². The van der Waals surface area contributed by atoms with E-state index in [0.717, 1.165) is 25.9 Å². The van der Waals surface area contributed by atoms with Crippen LogP contribution in [0.3, 0.4) is 0 Å². The zero-order valence-corrected chi connectivity index (χ0v) is 13.9. The van der Waals surface area contributed by atoms with Crippen LogP contribution >= 0.6 is 0 Å². The fraction of sp³-hybridized carbons (Fsp3) is 0.500. The molecule has 1 rings (SSSR count). The first-order valence-corrected chi connectivity index (χ1v) is 8.44. The summed E-state index contributed by atoms with van der Waals surface area (Å²) in [6.07, 6.45) is 15.9. The van der Waals surface area contributed by atoms with E-state index in [2.05, 4.69) is 43.4 Å². The second-order valence-corrected chi connectivity index (χ2v) is 5.35. The van der Waals surface area contributed by atoms with E-state index >= 15 is 0 Å². The average Bonchev–Trinajstić information content (AvgIpc) is 2.56. The minimum absolute atomic E-state index is 0.380. The molecule has 0 aromatic heterocycles. The molecule has 0 atom stereocenters. The maximum atomic E-state index is 5.47. The van der Waals surface area contributed by atoms with E-state index in [-0.39, 0.29) is 0 Å². The highest BCUT2D eigenvalue weighted by atomic mass is 16.7. The number of allylic oxidation sites excluding steroid dienone is 4. The van der Waals surface area contributed by atoms with Gasteiger partial charge in [0.05, 0.1) is 6.61 Å². The van der Waals surface area contributed by atoms with E-state index in [9.17, 15) is 0 Å². The molecule has 122 valence electrons. The maximum Gasteiger partial charge on any atom is 0.147 e. The Morgan fingerprint density at radius 3 is 2.32 bits per heavy atom. The molecular weight excluding hydrogens is 272 g/mol. The number of rotatable bonds is 13. The molecule has 0 saturated heterocycles. The third kappa shape index (κ3) is 11.3. The van der Waals surface area contributed by atoms with Gasteiger partial charge in [0.25, 0.3) is 0 Å². The Kier molecular flexibility index (Phi) is 12.3. The zero-order valence-electron chi connectivity index (χ0n) is 13.9.